The Balaban J connectivity index is 0.000000980. The second-order valence-electron chi connectivity index (χ2n) is 2.65. The molecule has 2 aromatic carbocycles. The van der Waals surface area contributed by atoms with Gasteiger partial charge in [-0.25, -0.2) is 0 Å². The number of rotatable bonds is 2. The van der Waals surface area contributed by atoms with Gasteiger partial charge in [-0.15, -0.1) is 12.1 Å². The van der Waals surface area contributed by atoms with Crippen molar-refractivity contribution in [1.29, 1.82) is 0 Å². The van der Waals surface area contributed by atoms with E-state index in [-0.39, 0.29) is 35.5 Å². The van der Waals surface area contributed by atoms with Gasteiger partial charge in [0, 0.05) is 5.75 Å². The summed E-state index contributed by atoms with van der Waals surface area (Å²) in [5.41, 5.74) is 0. The van der Waals surface area contributed by atoms with E-state index in [1.54, 1.807) is 0 Å². The third-order valence-electron chi connectivity index (χ3n) is 1.66. The fraction of sp³-hybridized carbons (Fsp3) is 0. The summed E-state index contributed by atoms with van der Waals surface area (Å²) in [4.78, 5) is 0. The standard InChI is InChI=1S/C12H9O.ClH.Mg/c1-3-7-11(8-4-1)13-12-9-5-2-6-10-12;;/h1-5,7-10H;1H;/q-1;;+2/p-1. The van der Waals surface area contributed by atoms with Gasteiger partial charge in [0.2, 0.25) is 0 Å². The molecule has 2 rings (SSSR count). The molecule has 0 saturated carbocycles. The molecule has 0 unspecified atom stereocenters. The largest absolute Gasteiger partial charge is 2.00 e. The minimum Gasteiger partial charge on any atom is -1.00 e. The molecule has 0 aliphatic carbocycles. The fourth-order valence-corrected chi connectivity index (χ4v) is 1.06. The SMILES string of the molecule is [Cl-].[Mg+2].[c-]1cccc(Oc2ccccc2)c1. The Morgan fingerprint density at radius 1 is 0.867 bits per heavy atom. The van der Waals surface area contributed by atoms with Gasteiger partial charge in [-0.3, -0.25) is 0 Å². The number of hydrogen-bond acceptors (Lipinski definition) is 1. The molecule has 0 aromatic heterocycles. The summed E-state index contributed by atoms with van der Waals surface area (Å²) >= 11 is 0. The zero-order valence-corrected chi connectivity index (χ0v) is 10.4. The van der Waals surface area contributed by atoms with Crippen molar-refractivity contribution in [2.24, 2.45) is 0 Å². The van der Waals surface area contributed by atoms with E-state index in [2.05, 4.69) is 6.07 Å². The van der Waals surface area contributed by atoms with Crippen LogP contribution in [-0.2, 0) is 0 Å². The smallest absolute Gasteiger partial charge is 1.00 e. The molecule has 0 radical (unpaired) electrons. The van der Waals surface area contributed by atoms with E-state index in [1.165, 1.54) is 0 Å². The first kappa shape index (κ1) is 14.3. The third kappa shape index (κ3) is 4.56. The zero-order chi connectivity index (χ0) is 8.93. The second-order valence-corrected chi connectivity index (χ2v) is 2.65. The van der Waals surface area contributed by atoms with Crippen LogP contribution in [0, 0.1) is 6.07 Å². The molecule has 0 N–H and O–H groups in total. The molecule has 0 bridgehead atoms. The van der Waals surface area contributed by atoms with Crippen molar-refractivity contribution in [3.05, 3.63) is 60.7 Å². The molecule has 0 heterocycles. The molecular formula is C12H9ClMgO. The van der Waals surface area contributed by atoms with Crippen LogP contribution in [0.4, 0.5) is 0 Å². The molecule has 0 spiro atoms. The van der Waals surface area contributed by atoms with E-state index in [9.17, 15) is 0 Å². The monoisotopic (exact) mass is 228 g/mol. The van der Waals surface area contributed by atoms with Crippen LogP contribution in [-0.4, -0.2) is 23.1 Å². The van der Waals surface area contributed by atoms with E-state index >= 15 is 0 Å². The van der Waals surface area contributed by atoms with Crippen molar-refractivity contribution in [2.45, 2.75) is 0 Å². The first-order valence-electron chi connectivity index (χ1n) is 4.14. The van der Waals surface area contributed by atoms with Crippen molar-refractivity contribution in [3.63, 3.8) is 0 Å². The van der Waals surface area contributed by atoms with Crippen molar-refractivity contribution >= 4 is 23.1 Å². The molecule has 0 fully saturated rings. The molecule has 72 valence electrons. The van der Waals surface area contributed by atoms with Crippen molar-refractivity contribution in [1.82, 2.24) is 0 Å². The average molecular weight is 229 g/mol. The minimum atomic E-state index is 0. The van der Waals surface area contributed by atoms with Crippen LogP contribution in [0.2, 0.25) is 0 Å². The summed E-state index contributed by atoms with van der Waals surface area (Å²) in [5, 5.41) is 0. The minimum absolute atomic E-state index is 0. The predicted molar refractivity (Wildman–Crippen MR) is 57.5 cm³/mol. The van der Waals surface area contributed by atoms with E-state index in [0.29, 0.717) is 0 Å². The second kappa shape index (κ2) is 7.57. The predicted octanol–water partition coefficient (Wildman–Crippen LogP) is -0.0977. The van der Waals surface area contributed by atoms with Crippen molar-refractivity contribution in [2.75, 3.05) is 0 Å². The van der Waals surface area contributed by atoms with E-state index < -0.39 is 0 Å². The quantitative estimate of drug-likeness (QED) is 0.516. The molecule has 2 aromatic rings. The number of benzene rings is 2. The molecule has 0 aliphatic rings. The molecular weight excluding hydrogens is 220 g/mol. The normalized spacial score (nSPS) is 8.27. The van der Waals surface area contributed by atoms with Crippen LogP contribution < -0.4 is 17.1 Å². The van der Waals surface area contributed by atoms with Crippen LogP contribution in [0.5, 0.6) is 11.5 Å². The third-order valence-corrected chi connectivity index (χ3v) is 1.66. The van der Waals surface area contributed by atoms with Crippen LogP contribution in [0.25, 0.3) is 0 Å². The van der Waals surface area contributed by atoms with E-state index in [1.807, 2.05) is 54.6 Å². The maximum Gasteiger partial charge on any atom is 2.00 e. The molecule has 0 amide bonds. The summed E-state index contributed by atoms with van der Waals surface area (Å²) < 4.78 is 5.55. The van der Waals surface area contributed by atoms with E-state index in [4.69, 9.17) is 4.74 Å². The average Bonchev–Trinajstić information content (AvgIpc) is 2.21. The summed E-state index contributed by atoms with van der Waals surface area (Å²) in [6.45, 7) is 0. The van der Waals surface area contributed by atoms with Gasteiger partial charge in [-0.05, 0) is 12.1 Å². The molecule has 1 nitrogen and oxygen atoms in total. The Morgan fingerprint density at radius 3 is 2.13 bits per heavy atom. The van der Waals surface area contributed by atoms with Crippen LogP contribution >= 0.6 is 0 Å². The van der Waals surface area contributed by atoms with Gasteiger partial charge in [-0.2, -0.15) is 18.2 Å². The maximum atomic E-state index is 5.55. The fourth-order valence-electron chi connectivity index (χ4n) is 1.06. The Kier molecular flexibility index (Phi) is 7.21. The Hall–Kier alpha value is -0.704. The van der Waals surface area contributed by atoms with Crippen LogP contribution in [0.1, 0.15) is 0 Å². The van der Waals surface area contributed by atoms with E-state index in [0.717, 1.165) is 11.5 Å². The number of hydrogen-bond donors (Lipinski definition) is 0. The molecule has 15 heavy (non-hydrogen) atoms. The number of ether oxygens (including phenoxy) is 1. The molecule has 0 aliphatic heterocycles. The van der Waals surface area contributed by atoms with Gasteiger partial charge < -0.3 is 17.1 Å². The Bertz CT molecular complexity index is 326. The molecule has 3 heteroatoms. The molecule has 0 saturated heterocycles. The van der Waals surface area contributed by atoms with Gasteiger partial charge in [0.05, 0.1) is 0 Å². The maximum absolute atomic E-state index is 5.55. The summed E-state index contributed by atoms with van der Waals surface area (Å²) in [7, 11) is 0. The summed E-state index contributed by atoms with van der Waals surface area (Å²) in [5.74, 6) is 1.66. The first-order chi connectivity index (χ1) is 6.45. The topological polar surface area (TPSA) is 9.23 Å². The van der Waals surface area contributed by atoms with Gasteiger partial charge in [0.25, 0.3) is 0 Å². The van der Waals surface area contributed by atoms with Crippen LogP contribution in [0.3, 0.4) is 0 Å². The van der Waals surface area contributed by atoms with Crippen molar-refractivity contribution in [3.8, 4) is 11.5 Å². The van der Waals surface area contributed by atoms with Gasteiger partial charge in [0.15, 0.2) is 0 Å². The van der Waals surface area contributed by atoms with Gasteiger partial charge in [-0.1, -0.05) is 18.2 Å². The number of halogens is 1. The van der Waals surface area contributed by atoms with Gasteiger partial charge >= 0.3 is 23.1 Å². The molecule has 0 atom stereocenters. The van der Waals surface area contributed by atoms with Gasteiger partial charge in [0.1, 0.15) is 5.75 Å². The Morgan fingerprint density at radius 2 is 1.53 bits per heavy atom. The summed E-state index contributed by atoms with van der Waals surface area (Å²) in [6.07, 6.45) is 0. The summed E-state index contributed by atoms with van der Waals surface area (Å²) in [6, 6.07) is 20.1. The van der Waals surface area contributed by atoms with Crippen molar-refractivity contribution < 1.29 is 17.1 Å². The zero-order valence-electron chi connectivity index (χ0n) is 8.19. The number of para-hydroxylation sites is 1. The van der Waals surface area contributed by atoms with Crippen LogP contribution in [0.15, 0.2) is 54.6 Å². The first-order valence-corrected chi connectivity index (χ1v) is 4.14. The Labute approximate surface area is 112 Å².